The number of hydrogen-bond donors (Lipinski definition) is 2. The molecule has 2 aromatic rings. The van der Waals surface area contributed by atoms with Gasteiger partial charge in [-0.05, 0) is 38.4 Å². The lowest BCUT2D eigenvalue weighted by Gasteiger charge is -2.28. The lowest BCUT2D eigenvalue weighted by Crippen LogP contribution is -2.46. The lowest BCUT2D eigenvalue weighted by atomic mass is 10.0. The molecule has 2 N–H and O–H groups in total. The van der Waals surface area contributed by atoms with E-state index in [1.807, 2.05) is 0 Å². The quantitative estimate of drug-likeness (QED) is 0.864. The smallest absolute Gasteiger partial charge is 0.238 e. The number of nitrogens with one attached hydrogen (secondary N) is 2. The third kappa shape index (κ3) is 4.80. The predicted molar refractivity (Wildman–Crippen MR) is 86.2 cm³/mol. The Kier molecular flexibility index (Phi) is 6.18. The second-order valence-electron chi connectivity index (χ2n) is 5.63. The van der Waals surface area contributed by atoms with Crippen LogP contribution in [0, 0.1) is 0 Å². The molecule has 2 atom stereocenters. The van der Waals surface area contributed by atoms with Crippen molar-refractivity contribution in [3.05, 3.63) is 24.3 Å². The maximum atomic E-state index is 12.0. The van der Waals surface area contributed by atoms with Crippen LogP contribution in [0.2, 0.25) is 0 Å². The van der Waals surface area contributed by atoms with E-state index in [0.717, 1.165) is 19.4 Å². The van der Waals surface area contributed by atoms with Crippen LogP contribution in [0.5, 0.6) is 0 Å². The molecule has 0 aliphatic carbocycles. The highest BCUT2D eigenvalue weighted by Gasteiger charge is 2.20. The fourth-order valence-electron chi connectivity index (χ4n) is 2.65. The molecule has 1 aliphatic rings. The van der Waals surface area contributed by atoms with Gasteiger partial charge < -0.3 is 19.6 Å². The van der Waals surface area contributed by atoms with Crippen molar-refractivity contribution >= 4 is 18.3 Å². The van der Waals surface area contributed by atoms with Crippen LogP contribution >= 0.6 is 12.4 Å². The fourth-order valence-corrected chi connectivity index (χ4v) is 2.65. The van der Waals surface area contributed by atoms with Crippen molar-refractivity contribution < 1.29 is 13.7 Å². The number of furan rings is 1. The number of nitrogens with zero attached hydrogens (tertiary/aromatic N) is 2. The Labute approximate surface area is 140 Å². The molecule has 3 rings (SSSR count). The van der Waals surface area contributed by atoms with Crippen molar-refractivity contribution in [2.75, 3.05) is 6.54 Å². The molecule has 3 heterocycles. The van der Waals surface area contributed by atoms with Crippen molar-refractivity contribution in [3.63, 3.8) is 0 Å². The molecule has 1 amide bonds. The molecule has 0 saturated carbocycles. The normalized spacial score (nSPS) is 20.7. The summed E-state index contributed by atoms with van der Waals surface area (Å²) in [5.74, 6) is 1.44. The number of carbonyl (C=O) groups excluding carboxylic acids is 1. The minimum absolute atomic E-state index is 0. The topological polar surface area (TPSA) is 93.2 Å². The van der Waals surface area contributed by atoms with Gasteiger partial charge >= 0.3 is 0 Å². The zero-order chi connectivity index (χ0) is 15.4. The summed E-state index contributed by atoms with van der Waals surface area (Å²) in [7, 11) is 0. The fraction of sp³-hybridized carbons (Fsp3) is 0.533. The van der Waals surface area contributed by atoms with E-state index in [4.69, 9.17) is 8.94 Å². The molecule has 1 fully saturated rings. The number of aryl methyl sites for hydroxylation is 1. The summed E-state index contributed by atoms with van der Waals surface area (Å²) < 4.78 is 10.3. The SMILES string of the molecule is CC1CC(NC(=O)CCc2nc(-c3ccco3)no2)CCN1.Cl. The summed E-state index contributed by atoms with van der Waals surface area (Å²) >= 11 is 0. The number of aromatic nitrogens is 2. The van der Waals surface area contributed by atoms with Gasteiger partial charge in [-0.3, -0.25) is 4.79 Å². The molecule has 8 heteroatoms. The van der Waals surface area contributed by atoms with Gasteiger partial charge in [0, 0.05) is 24.9 Å². The van der Waals surface area contributed by atoms with E-state index in [2.05, 4.69) is 27.7 Å². The predicted octanol–water partition coefficient (Wildman–Crippen LogP) is 1.94. The van der Waals surface area contributed by atoms with E-state index < -0.39 is 0 Å². The average Bonchev–Trinajstić information content (AvgIpc) is 3.16. The van der Waals surface area contributed by atoms with Crippen molar-refractivity contribution in [1.82, 2.24) is 20.8 Å². The van der Waals surface area contributed by atoms with E-state index in [1.165, 1.54) is 0 Å². The Morgan fingerprint density at radius 2 is 2.39 bits per heavy atom. The molecule has 1 aliphatic heterocycles. The van der Waals surface area contributed by atoms with Crippen LogP contribution in [0.3, 0.4) is 0 Å². The Balaban J connectivity index is 0.00000192. The highest BCUT2D eigenvalue weighted by Crippen LogP contribution is 2.16. The van der Waals surface area contributed by atoms with Gasteiger partial charge in [-0.2, -0.15) is 4.98 Å². The summed E-state index contributed by atoms with van der Waals surface area (Å²) in [5, 5.41) is 10.3. The van der Waals surface area contributed by atoms with Crippen molar-refractivity contribution in [2.24, 2.45) is 0 Å². The van der Waals surface area contributed by atoms with E-state index >= 15 is 0 Å². The number of hydrogen-bond acceptors (Lipinski definition) is 6. The molecule has 7 nitrogen and oxygen atoms in total. The molecule has 23 heavy (non-hydrogen) atoms. The molecule has 126 valence electrons. The van der Waals surface area contributed by atoms with Gasteiger partial charge in [0.1, 0.15) is 0 Å². The molecule has 2 aromatic heterocycles. The minimum atomic E-state index is 0. The minimum Gasteiger partial charge on any atom is -0.461 e. The first kappa shape index (κ1) is 17.5. The zero-order valence-corrected chi connectivity index (χ0v) is 13.8. The van der Waals surface area contributed by atoms with Gasteiger partial charge in [-0.25, -0.2) is 0 Å². The van der Waals surface area contributed by atoms with Gasteiger partial charge in [0.15, 0.2) is 5.76 Å². The summed E-state index contributed by atoms with van der Waals surface area (Å²) in [5.41, 5.74) is 0. The summed E-state index contributed by atoms with van der Waals surface area (Å²) in [6.45, 7) is 3.08. The highest BCUT2D eigenvalue weighted by molar-refractivity contribution is 5.85. The number of amides is 1. The first-order chi connectivity index (χ1) is 10.7. The van der Waals surface area contributed by atoms with E-state index in [1.54, 1.807) is 18.4 Å². The van der Waals surface area contributed by atoms with Gasteiger partial charge in [-0.15, -0.1) is 12.4 Å². The molecule has 0 bridgehead atoms. The molecule has 1 saturated heterocycles. The molecular weight excluding hydrogens is 320 g/mol. The number of carbonyl (C=O) groups is 1. The van der Waals surface area contributed by atoms with Crippen LogP contribution < -0.4 is 10.6 Å². The van der Waals surface area contributed by atoms with Gasteiger partial charge in [-0.1, -0.05) is 5.16 Å². The van der Waals surface area contributed by atoms with Crippen molar-refractivity contribution in [1.29, 1.82) is 0 Å². The Hall–Kier alpha value is -1.86. The van der Waals surface area contributed by atoms with Gasteiger partial charge in [0.05, 0.1) is 6.26 Å². The largest absolute Gasteiger partial charge is 0.461 e. The van der Waals surface area contributed by atoms with Crippen molar-refractivity contribution in [3.8, 4) is 11.6 Å². The zero-order valence-electron chi connectivity index (χ0n) is 12.9. The van der Waals surface area contributed by atoms with Crippen molar-refractivity contribution in [2.45, 2.75) is 44.7 Å². The number of rotatable bonds is 5. The lowest BCUT2D eigenvalue weighted by molar-refractivity contribution is -0.122. The van der Waals surface area contributed by atoms with E-state index in [9.17, 15) is 4.79 Å². The van der Waals surface area contributed by atoms with E-state index in [-0.39, 0.29) is 24.4 Å². The average molecular weight is 341 g/mol. The van der Waals surface area contributed by atoms with Crippen LogP contribution in [0.4, 0.5) is 0 Å². The monoisotopic (exact) mass is 340 g/mol. The Morgan fingerprint density at radius 3 is 3.13 bits per heavy atom. The molecule has 0 aromatic carbocycles. The first-order valence-electron chi connectivity index (χ1n) is 7.60. The van der Waals surface area contributed by atoms with Crippen LogP contribution in [-0.2, 0) is 11.2 Å². The molecule has 0 spiro atoms. The third-order valence-electron chi connectivity index (χ3n) is 3.76. The second-order valence-corrected chi connectivity index (χ2v) is 5.63. The molecular formula is C15H21ClN4O3. The van der Waals surface area contributed by atoms with Crippen LogP contribution in [0.1, 0.15) is 32.1 Å². The Bertz CT molecular complexity index is 614. The van der Waals surface area contributed by atoms with E-state index in [0.29, 0.717) is 36.4 Å². The van der Waals surface area contributed by atoms with Crippen LogP contribution in [-0.4, -0.2) is 34.7 Å². The van der Waals surface area contributed by atoms with Crippen LogP contribution in [0.15, 0.2) is 27.3 Å². The number of piperidine rings is 1. The summed E-state index contributed by atoms with van der Waals surface area (Å²) in [4.78, 5) is 16.2. The molecule has 2 unspecified atom stereocenters. The standard InChI is InChI=1S/C15H20N4O3.ClH/c1-10-9-11(6-7-16-10)17-13(20)4-5-14-18-15(19-22-14)12-3-2-8-21-12;/h2-3,8,10-11,16H,4-7,9H2,1H3,(H,17,20);1H. The maximum absolute atomic E-state index is 12.0. The highest BCUT2D eigenvalue weighted by atomic mass is 35.5. The second kappa shape index (κ2) is 8.12. The van der Waals surface area contributed by atoms with Gasteiger partial charge in [0.2, 0.25) is 17.6 Å². The number of halogens is 1. The van der Waals surface area contributed by atoms with Crippen LogP contribution in [0.25, 0.3) is 11.6 Å². The maximum Gasteiger partial charge on any atom is 0.238 e. The third-order valence-corrected chi connectivity index (χ3v) is 3.76. The first-order valence-corrected chi connectivity index (χ1v) is 7.60. The Morgan fingerprint density at radius 1 is 1.52 bits per heavy atom. The van der Waals surface area contributed by atoms with Gasteiger partial charge in [0.25, 0.3) is 0 Å². The summed E-state index contributed by atoms with van der Waals surface area (Å²) in [6, 6.07) is 4.23. The summed E-state index contributed by atoms with van der Waals surface area (Å²) in [6.07, 6.45) is 4.27. The molecule has 0 radical (unpaired) electrons.